The zero-order chi connectivity index (χ0) is 19.4. The maximum atomic E-state index is 12.1. The summed E-state index contributed by atoms with van der Waals surface area (Å²) in [5, 5.41) is 5.40. The van der Waals surface area contributed by atoms with Gasteiger partial charge in [0.2, 0.25) is 0 Å². The number of amides is 2. The van der Waals surface area contributed by atoms with E-state index in [1.165, 1.54) is 23.2 Å². The predicted octanol–water partition coefficient (Wildman–Crippen LogP) is 2.98. The number of carbonyl (C=O) groups is 2. The molecule has 2 amide bonds. The van der Waals surface area contributed by atoms with Crippen LogP contribution in [-0.2, 0) is 22.4 Å². The van der Waals surface area contributed by atoms with Gasteiger partial charge in [0.05, 0.1) is 0 Å². The van der Waals surface area contributed by atoms with Gasteiger partial charge in [-0.1, -0.05) is 24.3 Å². The average Bonchev–Trinajstić information content (AvgIpc) is 2.64. The fourth-order valence-corrected chi connectivity index (χ4v) is 3.44. The lowest BCUT2D eigenvalue weighted by Gasteiger charge is -2.27. The number of nitrogens with one attached hydrogen (secondary N) is 2. The van der Waals surface area contributed by atoms with Crippen LogP contribution in [0.5, 0.6) is 0 Å². The predicted molar refractivity (Wildman–Crippen MR) is 109 cm³/mol. The molecule has 0 atom stereocenters. The van der Waals surface area contributed by atoms with Crippen LogP contribution in [0.4, 0.5) is 11.4 Å². The summed E-state index contributed by atoms with van der Waals surface area (Å²) in [5.41, 5.74) is 6.48. The Bertz CT molecular complexity index is 861. The molecule has 1 aliphatic rings. The first-order valence-electron chi connectivity index (χ1n) is 9.43. The lowest BCUT2D eigenvalue weighted by atomic mass is 9.98. The normalized spacial score (nSPS) is 13.1. The van der Waals surface area contributed by atoms with Gasteiger partial charge < -0.3 is 15.5 Å². The van der Waals surface area contributed by atoms with E-state index >= 15 is 0 Å². The van der Waals surface area contributed by atoms with Crippen molar-refractivity contribution < 1.29 is 9.59 Å². The van der Waals surface area contributed by atoms with E-state index in [0.717, 1.165) is 24.1 Å². The van der Waals surface area contributed by atoms with Crippen LogP contribution in [0.3, 0.4) is 0 Å². The van der Waals surface area contributed by atoms with Crippen molar-refractivity contribution in [3.8, 4) is 0 Å². The van der Waals surface area contributed by atoms with E-state index in [1.54, 1.807) is 0 Å². The molecule has 0 aliphatic carbocycles. The second-order valence-corrected chi connectivity index (χ2v) is 7.27. The van der Waals surface area contributed by atoms with Crippen LogP contribution in [0.2, 0.25) is 0 Å². The molecule has 5 nitrogen and oxygen atoms in total. The smallest absolute Gasteiger partial charge is 0.313 e. The second-order valence-electron chi connectivity index (χ2n) is 7.27. The van der Waals surface area contributed by atoms with Crippen LogP contribution in [0, 0.1) is 13.8 Å². The molecule has 0 radical (unpaired) electrons. The summed E-state index contributed by atoms with van der Waals surface area (Å²) in [6.07, 6.45) is 2.97. The monoisotopic (exact) mass is 365 g/mol. The fraction of sp³-hybridized carbons (Fsp3) is 0.364. The third-order valence-corrected chi connectivity index (χ3v) is 5.04. The van der Waals surface area contributed by atoms with E-state index in [0.29, 0.717) is 18.7 Å². The van der Waals surface area contributed by atoms with Gasteiger partial charge in [-0.15, -0.1) is 0 Å². The zero-order valence-electron chi connectivity index (χ0n) is 16.3. The van der Waals surface area contributed by atoms with Crippen molar-refractivity contribution in [2.45, 2.75) is 33.1 Å². The minimum absolute atomic E-state index is 0.438. The first-order chi connectivity index (χ1) is 12.9. The third-order valence-electron chi connectivity index (χ3n) is 5.04. The van der Waals surface area contributed by atoms with Crippen molar-refractivity contribution in [3.05, 3.63) is 58.7 Å². The van der Waals surface area contributed by atoms with Crippen molar-refractivity contribution in [2.75, 3.05) is 30.4 Å². The van der Waals surface area contributed by atoms with E-state index in [2.05, 4.69) is 40.8 Å². The Kier molecular flexibility index (Phi) is 5.79. The standard InChI is InChI=1S/C22H27N3O2/c1-15-6-7-16(2)19(13-15)24-22(27)21(26)23-11-10-17-8-9-20-18(14-17)5-4-12-25(20)3/h6-9,13-14H,4-5,10-12H2,1-3H3,(H,23,26)(H,24,27). The molecule has 2 aromatic carbocycles. The van der Waals surface area contributed by atoms with Gasteiger partial charge in [-0.3, -0.25) is 9.59 Å². The summed E-state index contributed by atoms with van der Waals surface area (Å²) in [5.74, 6) is -1.23. The highest BCUT2D eigenvalue weighted by Gasteiger charge is 2.16. The summed E-state index contributed by atoms with van der Waals surface area (Å²) in [6, 6.07) is 12.2. The Labute approximate surface area is 160 Å². The number of nitrogens with zero attached hydrogens (tertiary/aromatic N) is 1. The number of fused-ring (bicyclic) bond motifs is 1. The number of hydrogen-bond acceptors (Lipinski definition) is 3. The Morgan fingerprint density at radius 2 is 1.89 bits per heavy atom. The van der Waals surface area contributed by atoms with Crippen LogP contribution >= 0.6 is 0 Å². The molecule has 5 heteroatoms. The Morgan fingerprint density at radius 1 is 1.07 bits per heavy atom. The van der Waals surface area contributed by atoms with Gasteiger partial charge in [0.25, 0.3) is 0 Å². The summed E-state index contributed by atoms with van der Waals surface area (Å²) >= 11 is 0. The van der Waals surface area contributed by atoms with Gasteiger partial charge in [0.1, 0.15) is 0 Å². The molecule has 0 unspecified atom stereocenters. The first-order valence-corrected chi connectivity index (χ1v) is 9.43. The molecule has 0 fully saturated rings. The molecule has 1 aliphatic heterocycles. The average molecular weight is 365 g/mol. The first kappa shape index (κ1) is 19.0. The molecule has 142 valence electrons. The summed E-state index contributed by atoms with van der Waals surface area (Å²) in [4.78, 5) is 26.5. The molecule has 3 rings (SSSR count). The minimum atomic E-state index is -0.629. The second kappa shape index (κ2) is 8.25. The van der Waals surface area contributed by atoms with Crippen molar-refractivity contribution in [2.24, 2.45) is 0 Å². The van der Waals surface area contributed by atoms with Gasteiger partial charge in [-0.25, -0.2) is 0 Å². The molecular formula is C22H27N3O2. The van der Waals surface area contributed by atoms with Gasteiger partial charge >= 0.3 is 11.8 Å². The van der Waals surface area contributed by atoms with E-state index in [1.807, 2.05) is 32.0 Å². The molecule has 0 aromatic heterocycles. The number of carbonyl (C=O) groups excluding carboxylic acids is 2. The van der Waals surface area contributed by atoms with E-state index in [9.17, 15) is 9.59 Å². The van der Waals surface area contributed by atoms with Crippen LogP contribution < -0.4 is 15.5 Å². The lowest BCUT2D eigenvalue weighted by molar-refractivity contribution is -0.136. The Balaban J connectivity index is 1.52. The topological polar surface area (TPSA) is 61.4 Å². The maximum absolute atomic E-state index is 12.1. The molecule has 2 aromatic rings. The van der Waals surface area contributed by atoms with Crippen LogP contribution in [-0.4, -0.2) is 32.0 Å². The van der Waals surface area contributed by atoms with Gasteiger partial charge in [0.15, 0.2) is 0 Å². The number of anilines is 2. The lowest BCUT2D eigenvalue weighted by Crippen LogP contribution is -2.36. The SMILES string of the molecule is Cc1ccc(C)c(NC(=O)C(=O)NCCc2ccc3c(c2)CCCN3C)c1. The van der Waals surface area contributed by atoms with Crippen molar-refractivity contribution in [1.29, 1.82) is 0 Å². The largest absolute Gasteiger partial charge is 0.374 e. The van der Waals surface area contributed by atoms with E-state index in [-0.39, 0.29) is 0 Å². The minimum Gasteiger partial charge on any atom is -0.374 e. The van der Waals surface area contributed by atoms with Gasteiger partial charge in [-0.2, -0.15) is 0 Å². The Hall–Kier alpha value is -2.82. The van der Waals surface area contributed by atoms with Gasteiger partial charge in [-0.05, 0) is 67.5 Å². The number of rotatable bonds is 4. The summed E-state index contributed by atoms with van der Waals surface area (Å²) in [6.45, 7) is 5.39. The molecule has 1 heterocycles. The molecule has 2 N–H and O–H groups in total. The third kappa shape index (κ3) is 4.67. The molecular weight excluding hydrogens is 338 g/mol. The van der Waals surface area contributed by atoms with E-state index < -0.39 is 11.8 Å². The van der Waals surface area contributed by atoms with Crippen LogP contribution in [0.1, 0.15) is 28.7 Å². The highest BCUT2D eigenvalue weighted by molar-refractivity contribution is 6.39. The number of hydrogen-bond donors (Lipinski definition) is 2. The van der Waals surface area contributed by atoms with Gasteiger partial charge in [0, 0.05) is 31.5 Å². The highest BCUT2D eigenvalue weighted by atomic mass is 16.2. The Morgan fingerprint density at radius 3 is 2.70 bits per heavy atom. The van der Waals surface area contributed by atoms with Crippen molar-refractivity contribution in [3.63, 3.8) is 0 Å². The maximum Gasteiger partial charge on any atom is 0.313 e. The van der Waals surface area contributed by atoms with Crippen molar-refractivity contribution >= 4 is 23.2 Å². The highest BCUT2D eigenvalue weighted by Crippen LogP contribution is 2.26. The molecule has 0 bridgehead atoms. The number of benzene rings is 2. The summed E-state index contributed by atoms with van der Waals surface area (Å²) in [7, 11) is 2.12. The fourth-order valence-electron chi connectivity index (χ4n) is 3.44. The quantitative estimate of drug-likeness (QED) is 0.819. The zero-order valence-corrected chi connectivity index (χ0v) is 16.3. The molecule has 0 saturated heterocycles. The summed E-state index contributed by atoms with van der Waals surface area (Å²) < 4.78 is 0. The molecule has 27 heavy (non-hydrogen) atoms. The molecule has 0 saturated carbocycles. The van der Waals surface area contributed by atoms with Crippen LogP contribution in [0.15, 0.2) is 36.4 Å². The molecule has 0 spiro atoms. The van der Waals surface area contributed by atoms with Crippen LogP contribution in [0.25, 0.3) is 0 Å². The number of aryl methyl sites for hydroxylation is 3. The van der Waals surface area contributed by atoms with Crippen molar-refractivity contribution in [1.82, 2.24) is 5.32 Å². The van der Waals surface area contributed by atoms with E-state index in [4.69, 9.17) is 0 Å².